The molecular formula is C46H51N11O6. The highest BCUT2D eigenvalue weighted by Crippen LogP contribution is 2.36. The largest absolute Gasteiger partial charge is 0.490 e. The van der Waals surface area contributed by atoms with Gasteiger partial charge >= 0.3 is 6.03 Å². The van der Waals surface area contributed by atoms with E-state index < -0.39 is 29.7 Å². The van der Waals surface area contributed by atoms with Gasteiger partial charge in [0.25, 0.3) is 11.8 Å². The molecule has 2 atom stereocenters. The van der Waals surface area contributed by atoms with Gasteiger partial charge in [-0.25, -0.2) is 14.8 Å². The van der Waals surface area contributed by atoms with Crippen molar-refractivity contribution in [2.75, 3.05) is 54.4 Å². The molecule has 326 valence electrons. The van der Waals surface area contributed by atoms with Crippen LogP contribution in [-0.4, -0.2) is 129 Å². The molecule has 2 aromatic heterocycles. The Labute approximate surface area is 365 Å². The maximum atomic E-state index is 13.3. The topological polar surface area (TPSA) is 197 Å². The molecule has 5 aliphatic rings. The Morgan fingerprint density at radius 2 is 1.73 bits per heavy atom. The first-order valence-electron chi connectivity index (χ1n) is 21.9. The molecule has 63 heavy (non-hydrogen) atoms. The van der Waals surface area contributed by atoms with Crippen LogP contribution >= 0.6 is 0 Å². The monoisotopic (exact) mass is 853 g/mol. The van der Waals surface area contributed by atoms with Crippen LogP contribution in [0.4, 0.5) is 22.1 Å². The van der Waals surface area contributed by atoms with E-state index in [1.54, 1.807) is 36.8 Å². The minimum atomic E-state index is -1.00. The summed E-state index contributed by atoms with van der Waals surface area (Å²) in [5.74, 6) is -0.429. The van der Waals surface area contributed by atoms with Gasteiger partial charge in [0.2, 0.25) is 17.8 Å². The highest BCUT2D eigenvalue weighted by Gasteiger charge is 2.45. The number of carbonyl (C=O) groups excluding carboxylic acids is 5. The first kappa shape index (κ1) is 41.7. The normalized spacial score (nSPS) is 22.9. The van der Waals surface area contributed by atoms with E-state index in [4.69, 9.17) is 4.74 Å². The Morgan fingerprint density at radius 3 is 2.44 bits per heavy atom. The van der Waals surface area contributed by atoms with E-state index in [0.717, 1.165) is 61.3 Å². The van der Waals surface area contributed by atoms with Crippen molar-refractivity contribution in [3.8, 4) is 11.8 Å². The number of benzene rings is 2. The summed E-state index contributed by atoms with van der Waals surface area (Å²) in [5, 5.41) is 15.7. The van der Waals surface area contributed by atoms with Crippen molar-refractivity contribution >= 4 is 57.9 Å². The Bertz CT molecular complexity index is 2490. The van der Waals surface area contributed by atoms with E-state index in [0.29, 0.717) is 66.1 Å². The van der Waals surface area contributed by atoms with E-state index in [1.807, 2.05) is 29.2 Å². The quantitative estimate of drug-likeness (QED) is 0.211. The van der Waals surface area contributed by atoms with Gasteiger partial charge in [-0.3, -0.25) is 39.3 Å². The van der Waals surface area contributed by atoms with Crippen LogP contribution in [0.5, 0.6) is 5.75 Å². The molecule has 0 bridgehead atoms. The summed E-state index contributed by atoms with van der Waals surface area (Å²) in [5.41, 5.74) is 3.23. The smallest absolute Gasteiger partial charge is 0.322 e. The van der Waals surface area contributed by atoms with Crippen molar-refractivity contribution in [3.63, 3.8) is 0 Å². The van der Waals surface area contributed by atoms with Crippen molar-refractivity contribution in [2.45, 2.75) is 89.6 Å². The number of amides is 6. The van der Waals surface area contributed by atoms with Crippen molar-refractivity contribution in [2.24, 2.45) is 5.92 Å². The number of nitrogens with one attached hydrogen (secondary N) is 2. The van der Waals surface area contributed by atoms with Crippen molar-refractivity contribution < 1.29 is 28.7 Å². The summed E-state index contributed by atoms with van der Waals surface area (Å²) in [4.78, 5) is 87.3. The number of piperidine rings is 2. The molecule has 17 heteroatoms. The van der Waals surface area contributed by atoms with Gasteiger partial charge in [-0.05, 0) is 88.4 Å². The van der Waals surface area contributed by atoms with Crippen LogP contribution in [0.25, 0.3) is 10.9 Å². The predicted octanol–water partition coefficient (Wildman–Crippen LogP) is 4.58. The fourth-order valence-corrected chi connectivity index (χ4v) is 9.77. The van der Waals surface area contributed by atoms with Crippen LogP contribution in [-0.2, 0) is 9.59 Å². The fraction of sp³-hybridized carbons (Fsp3) is 0.457. The van der Waals surface area contributed by atoms with E-state index in [9.17, 15) is 29.2 Å². The Balaban J connectivity index is 0.724. The summed E-state index contributed by atoms with van der Waals surface area (Å²) >= 11 is 0. The Hall–Kier alpha value is -6.67. The molecule has 1 saturated carbocycles. The number of pyridine rings is 1. The van der Waals surface area contributed by atoms with E-state index in [1.165, 1.54) is 0 Å². The standard InChI is InChI=1S/C46H51N11O6/c1-27(2)56(32-19-34(20-32)63-33-7-8-35-37(21-33)44(61)57(43(35)60)39-10-11-40(58)52-42(39)59)26-29-12-15-53(16-13-29)45-49-23-31(24-50-45)51-46(62)54-17-18-55(28(3)25-54)38-9-6-30(22-47)41-36(38)5-4-14-48-41/h4-9,14,21,23-24,27-29,32,34,39H,10-13,15-20,25-26H2,1-3H3,(H,51,62)(H,52,58,59)/t28-,32-,34-,39?/m0/s1. The van der Waals surface area contributed by atoms with Crippen molar-refractivity contribution in [3.05, 3.63) is 77.7 Å². The molecule has 4 aliphatic heterocycles. The molecule has 1 aliphatic carbocycles. The second kappa shape index (κ2) is 17.2. The number of urea groups is 1. The lowest BCUT2D eigenvalue weighted by Gasteiger charge is -2.46. The number of aromatic nitrogens is 3. The van der Waals surface area contributed by atoms with Crippen LogP contribution in [0.3, 0.4) is 0 Å². The maximum absolute atomic E-state index is 13.3. The average molecular weight is 854 g/mol. The molecule has 0 radical (unpaired) electrons. The zero-order valence-electron chi connectivity index (χ0n) is 35.7. The number of piperazine rings is 1. The molecule has 3 saturated heterocycles. The molecule has 17 nitrogen and oxygen atoms in total. The minimum absolute atomic E-state index is 0.0209. The van der Waals surface area contributed by atoms with E-state index in [2.05, 4.69) is 67.1 Å². The van der Waals surface area contributed by atoms with Crippen LogP contribution in [0.2, 0.25) is 0 Å². The highest BCUT2D eigenvalue weighted by atomic mass is 16.5. The van der Waals surface area contributed by atoms with Gasteiger partial charge in [-0.15, -0.1) is 0 Å². The summed E-state index contributed by atoms with van der Waals surface area (Å²) in [6.07, 6.45) is 8.93. The molecule has 2 aromatic carbocycles. The Kier molecular flexibility index (Phi) is 11.4. The lowest BCUT2D eigenvalue weighted by atomic mass is 9.85. The summed E-state index contributed by atoms with van der Waals surface area (Å²) in [7, 11) is 0. The van der Waals surface area contributed by atoms with Crippen LogP contribution < -0.4 is 25.2 Å². The van der Waals surface area contributed by atoms with Gasteiger partial charge in [0.1, 0.15) is 24.0 Å². The number of imide groups is 2. The van der Waals surface area contributed by atoms with Gasteiger partial charge in [-0.1, -0.05) is 0 Å². The third kappa shape index (κ3) is 8.22. The highest BCUT2D eigenvalue weighted by molar-refractivity contribution is 6.23. The molecule has 2 N–H and O–H groups in total. The lowest BCUT2D eigenvalue weighted by molar-refractivity contribution is -0.136. The van der Waals surface area contributed by atoms with Crippen molar-refractivity contribution in [1.82, 2.24) is 35.0 Å². The molecule has 6 amide bonds. The number of anilines is 3. The number of ether oxygens (including phenoxy) is 1. The maximum Gasteiger partial charge on any atom is 0.322 e. The molecular weight excluding hydrogens is 803 g/mol. The summed E-state index contributed by atoms with van der Waals surface area (Å²) in [6.45, 7) is 10.9. The lowest BCUT2D eigenvalue weighted by Crippen LogP contribution is -2.54. The van der Waals surface area contributed by atoms with E-state index in [-0.39, 0.29) is 42.1 Å². The van der Waals surface area contributed by atoms with Crippen LogP contribution in [0.1, 0.15) is 85.6 Å². The zero-order chi connectivity index (χ0) is 43.9. The number of rotatable bonds is 10. The predicted molar refractivity (Wildman–Crippen MR) is 233 cm³/mol. The third-order valence-corrected chi connectivity index (χ3v) is 13.3. The fourth-order valence-electron chi connectivity index (χ4n) is 9.77. The second-order valence-corrected chi connectivity index (χ2v) is 17.6. The summed E-state index contributed by atoms with van der Waals surface area (Å²) in [6, 6.07) is 14.3. The SMILES string of the molecule is CC(C)N(CC1CCN(c2ncc(NC(=O)N3CCN(c4ccc(C#N)c5ncccc45)[C@@H](C)C3)cn2)CC1)[C@H]1C[C@H](Oc2ccc3c(c2)C(=O)N(C2CCC(=O)NC2=O)C3=O)C1. The number of nitrogens with zero attached hydrogens (tertiary/aromatic N) is 9. The van der Waals surface area contributed by atoms with Gasteiger partial charge in [0, 0.05) is 93.9 Å². The molecule has 9 rings (SSSR count). The van der Waals surface area contributed by atoms with Gasteiger partial charge in [0.05, 0.1) is 40.3 Å². The van der Waals surface area contributed by atoms with Gasteiger partial charge in [-0.2, -0.15) is 5.26 Å². The number of carbonyl (C=O) groups is 5. The summed E-state index contributed by atoms with van der Waals surface area (Å²) < 4.78 is 6.30. The van der Waals surface area contributed by atoms with Crippen LogP contribution in [0.15, 0.2) is 61.1 Å². The molecule has 4 aromatic rings. The first-order chi connectivity index (χ1) is 30.4. The first-order valence-corrected chi connectivity index (χ1v) is 21.9. The van der Waals surface area contributed by atoms with Crippen LogP contribution in [0, 0.1) is 17.2 Å². The number of fused-ring (bicyclic) bond motifs is 2. The average Bonchev–Trinajstić information content (AvgIpc) is 3.51. The van der Waals surface area contributed by atoms with Gasteiger partial charge in [0.15, 0.2) is 0 Å². The zero-order valence-corrected chi connectivity index (χ0v) is 35.7. The molecule has 0 spiro atoms. The van der Waals surface area contributed by atoms with E-state index >= 15 is 0 Å². The Morgan fingerprint density at radius 1 is 0.968 bits per heavy atom. The van der Waals surface area contributed by atoms with Crippen molar-refractivity contribution in [1.29, 1.82) is 5.26 Å². The molecule has 6 heterocycles. The molecule has 4 fully saturated rings. The molecule has 1 unspecified atom stereocenters. The minimum Gasteiger partial charge on any atom is -0.490 e. The van der Waals surface area contributed by atoms with Gasteiger partial charge < -0.3 is 24.8 Å². The number of nitriles is 1. The number of hydrogen-bond donors (Lipinski definition) is 2. The third-order valence-electron chi connectivity index (χ3n) is 13.3. The number of hydrogen-bond acceptors (Lipinski definition) is 13. The second-order valence-electron chi connectivity index (χ2n) is 17.6.